The summed E-state index contributed by atoms with van der Waals surface area (Å²) in [5.74, 6) is -0.352. The highest BCUT2D eigenvalue weighted by atomic mass is 35.5. The Labute approximate surface area is 163 Å². The molecule has 2 amide bonds. The maximum Gasteiger partial charge on any atom is 0.233 e. The average molecular weight is 388 g/mol. The number of hydrogen-bond donors (Lipinski definition) is 2. The molecule has 2 aromatic rings. The lowest BCUT2D eigenvalue weighted by atomic mass is 10.2. The standard InChI is InChI=1S/C20H22ClN3O3/c1-27-18-9-4-14(21)12-17(18)23-20(26)13-19(25)22-15-5-7-16(8-6-15)24-10-2-3-11-24/h4-9,12H,2-3,10-11,13H2,1H3,(H,22,25)(H,23,26). The number of hydrogen-bond acceptors (Lipinski definition) is 4. The summed E-state index contributed by atoms with van der Waals surface area (Å²) in [6.45, 7) is 2.14. The van der Waals surface area contributed by atoms with Crippen molar-refractivity contribution in [1.29, 1.82) is 0 Å². The number of ether oxygens (including phenoxy) is 1. The van der Waals surface area contributed by atoms with E-state index in [1.807, 2.05) is 24.3 Å². The number of benzene rings is 2. The summed E-state index contributed by atoms with van der Waals surface area (Å²) in [4.78, 5) is 26.6. The van der Waals surface area contributed by atoms with Gasteiger partial charge in [0.15, 0.2) is 0 Å². The fraction of sp³-hybridized carbons (Fsp3) is 0.300. The first kappa shape index (κ1) is 19.0. The molecule has 0 bridgehead atoms. The Hall–Kier alpha value is -2.73. The van der Waals surface area contributed by atoms with Crippen LogP contribution in [-0.4, -0.2) is 32.0 Å². The summed E-state index contributed by atoms with van der Waals surface area (Å²) in [6.07, 6.45) is 2.12. The van der Waals surface area contributed by atoms with E-state index in [4.69, 9.17) is 16.3 Å². The number of rotatable bonds is 6. The van der Waals surface area contributed by atoms with Crippen LogP contribution in [0, 0.1) is 0 Å². The van der Waals surface area contributed by atoms with Gasteiger partial charge in [-0.15, -0.1) is 0 Å². The quantitative estimate of drug-likeness (QED) is 0.737. The van der Waals surface area contributed by atoms with Crippen molar-refractivity contribution in [2.45, 2.75) is 19.3 Å². The number of halogens is 1. The van der Waals surface area contributed by atoms with E-state index in [-0.39, 0.29) is 12.3 Å². The molecule has 142 valence electrons. The molecule has 0 radical (unpaired) electrons. The van der Waals surface area contributed by atoms with Gasteiger partial charge in [0.05, 0.1) is 12.8 Å². The molecule has 27 heavy (non-hydrogen) atoms. The molecule has 7 heteroatoms. The van der Waals surface area contributed by atoms with Crippen molar-refractivity contribution in [1.82, 2.24) is 0 Å². The van der Waals surface area contributed by atoms with Gasteiger partial charge in [-0.25, -0.2) is 0 Å². The number of methoxy groups -OCH3 is 1. The number of nitrogens with one attached hydrogen (secondary N) is 2. The van der Waals surface area contributed by atoms with Crippen LogP contribution in [-0.2, 0) is 9.59 Å². The highest BCUT2D eigenvalue weighted by Crippen LogP contribution is 2.28. The Morgan fingerprint density at radius 1 is 1.04 bits per heavy atom. The summed E-state index contributed by atoms with van der Waals surface area (Å²) < 4.78 is 5.18. The third kappa shape index (κ3) is 5.14. The van der Waals surface area contributed by atoms with Crippen LogP contribution in [0.25, 0.3) is 0 Å². The summed E-state index contributed by atoms with van der Waals surface area (Å²) in [7, 11) is 1.50. The van der Waals surface area contributed by atoms with Gasteiger partial charge in [0.1, 0.15) is 12.2 Å². The smallest absolute Gasteiger partial charge is 0.233 e. The minimum Gasteiger partial charge on any atom is -0.495 e. The molecule has 1 aliphatic heterocycles. The van der Waals surface area contributed by atoms with Gasteiger partial charge in [-0.05, 0) is 55.3 Å². The zero-order chi connectivity index (χ0) is 19.2. The Morgan fingerprint density at radius 2 is 1.70 bits per heavy atom. The first-order valence-electron chi connectivity index (χ1n) is 8.83. The van der Waals surface area contributed by atoms with E-state index < -0.39 is 5.91 Å². The van der Waals surface area contributed by atoms with Crippen molar-refractivity contribution < 1.29 is 14.3 Å². The molecule has 3 rings (SSSR count). The molecule has 0 aromatic heterocycles. The third-order valence-electron chi connectivity index (χ3n) is 4.38. The Bertz CT molecular complexity index is 818. The molecule has 0 spiro atoms. The summed E-state index contributed by atoms with van der Waals surface area (Å²) in [5, 5.41) is 5.86. The van der Waals surface area contributed by atoms with E-state index in [0.717, 1.165) is 18.8 Å². The fourth-order valence-electron chi connectivity index (χ4n) is 3.05. The molecular formula is C20H22ClN3O3. The first-order valence-corrected chi connectivity index (χ1v) is 9.21. The topological polar surface area (TPSA) is 70.7 Å². The molecule has 6 nitrogen and oxygen atoms in total. The predicted molar refractivity (Wildman–Crippen MR) is 108 cm³/mol. The molecule has 1 heterocycles. The van der Waals surface area contributed by atoms with Crippen LogP contribution >= 0.6 is 11.6 Å². The minimum absolute atomic E-state index is 0.302. The number of anilines is 3. The zero-order valence-corrected chi connectivity index (χ0v) is 15.9. The second-order valence-electron chi connectivity index (χ2n) is 6.36. The van der Waals surface area contributed by atoms with Crippen LogP contribution in [0.3, 0.4) is 0 Å². The molecule has 0 atom stereocenters. The molecular weight excluding hydrogens is 366 g/mol. The SMILES string of the molecule is COc1ccc(Cl)cc1NC(=O)CC(=O)Nc1ccc(N2CCCC2)cc1. The number of amides is 2. The number of carbonyl (C=O) groups is 2. The molecule has 0 unspecified atom stereocenters. The van der Waals surface area contributed by atoms with Gasteiger partial charge in [0.25, 0.3) is 0 Å². The van der Waals surface area contributed by atoms with Crippen molar-refractivity contribution >= 4 is 40.5 Å². The van der Waals surface area contributed by atoms with Crippen LogP contribution < -0.4 is 20.3 Å². The number of nitrogens with zero attached hydrogens (tertiary/aromatic N) is 1. The zero-order valence-electron chi connectivity index (χ0n) is 15.1. The summed E-state index contributed by atoms with van der Waals surface area (Å²) in [5.41, 5.74) is 2.24. The lowest BCUT2D eigenvalue weighted by Gasteiger charge is -2.17. The average Bonchev–Trinajstić information content (AvgIpc) is 3.17. The normalized spacial score (nSPS) is 13.3. The van der Waals surface area contributed by atoms with Gasteiger partial charge in [0, 0.05) is 29.5 Å². The van der Waals surface area contributed by atoms with Crippen molar-refractivity contribution in [2.75, 3.05) is 35.7 Å². The van der Waals surface area contributed by atoms with Crippen LogP contribution in [0.4, 0.5) is 17.1 Å². The predicted octanol–water partition coefficient (Wildman–Crippen LogP) is 3.92. The van der Waals surface area contributed by atoms with Gasteiger partial charge in [-0.3, -0.25) is 9.59 Å². The second kappa shape index (κ2) is 8.77. The molecule has 1 aliphatic rings. The molecule has 0 aliphatic carbocycles. The Kier molecular flexibility index (Phi) is 6.19. The summed E-state index contributed by atoms with van der Waals surface area (Å²) in [6, 6.07) is 12.6. The van der Waals surface area contributed by atoms with Crippen molar-refractivity contribution in [3.63, 3.8) is 0 Å². The van der Waals surface area contributed by atoms with Gasteiger partial charge in [-0.1, -0.05) is 11.6 Å². The fourth-order valence-corrected chi connectivity index (χ4v) is 3.23. The Balaban J connectivity index is 1.54. The van der Waals surface area contributed by atoms with E-state index in [2.05, 4.69) is 15.5 Å². The monoisotopic (exact) mass is 387 g/mol. The minimum atomic E-state index is -0.443. The number of carbonyl (C=O) groups excluding carboxylic acids is 2. The maximum atomic E-state index is 12.1. The van der Waals surface area contributed by atoms with Crippen molar-refractivity contribution in [2.24, 2.45) is 0 Å². The van der Waals surface area contributed by atoms with Gasteiger partial charge < -0.3 is 20.3 Å². The van der Waals surface area contributed by atoms with E-state index in [1.54, 1.807) is 18.2 Å². The summed E-state index contributed by atoms with van der Waals surface area (Å²) >= 11 is 5.94. The highest BCUT2D eigenvalue weighted by molar-refractivity contribution is 6.31. The van der Waals surface area contributed by atoms with Gasteiger partial charge in [0.2, 0.25) is 11.8 Å². The van der Waals surface area contributed by atoms with Crippen LogP contribution in [0.5, 0.6) is 5.75 Å². The van der Waals surface area contributed by atoms with E-state index >= 15 is 0 Å². The maximum absolute atomic E-state index is 12.1. The largest absolute Gasteiger partial charge is 0.495 e. The van der Waals surface area contributed by atoms with Gasteiger partial charge in [-0.2, -0.15) is 0 Å². The van der Waals surface area contributed by atoms with E-state index in [9.17, 15) is 9.59 Å². The molecule has 2 N–H and O–H groups in total. The molecule has 2 aromatic carbocycles. The van der Waals surface area contributed by atoms with Crippen LogP contribution in [0.2, 0.25) is 5.02 Å². The van der Waals surface area contributed by atoms with E-state index in [0.29, 0.717) is 22.1 Å². The second-order valence-corrected chi connectivity index (χ2v) is 6.80. The lowest BCUT2D eigenvalue weighted by Crippen LogP contribution is -2.22. The molecule has 1 fully saturated rings. The molecule has 1 saturated heterocycles. The third-order valence-corrected chi connectivity index (χ3v) is 4.61. The first-order chi connectivity index (χ1) is 13.0. The Morgan fingerprint density at radius 3 is 2.37 bits per heavy atom. The van der Waals surface area contributed by atoms with Crippen molar-refractivity contribution in [3.8, 4) is 5.75 Å². The van der Waals surface area contributed by atoms with Gasteiger partial charge >= 0.3 is 0 Å². The van der Waals surface area contributed by atoms with E-state index in [1.165, 1.54) is 20.0 Å². The van der Waals surface area contributed by atoms with Crippen LogP contribution in [0.1, 0.15) is 19.3 Å². The lowest BCUT2D eigenvalue weighted by molar-refractivity contribution is -0.123. The highest BCUT2D eigenvalue weighted by Gasteiger charge is 2.14. The van der Waals surface area contributed by atoms with Crippen molar-refractivity contribution in [3.05, 3.63) is 47.5 Å². The molecule has 0 saturated carbocycles. The van der Waals surface area contributed by atoms with Crippen LogP contribution in [0.15, 0.2) is 42.5 Å².